The summed E-state index contributed by atoms with van der Waals surface area (Å²) in [7, 11) is -0.810. The molecule has 3 nitrogen and oxygen atoms in total. The van der Waals surface area contributed by atoms with Crippen molar-refractivity contribution in [3.8, 4) is 0 Å². The summed E-state index contributed by atoms with van der Waals surface area (Å²) in [6, 6.07) is 8.66. The molecule has 0 aliphatic carbocycles. The molecule has 19 heavy (non-hydrogen) atoms. The molecule has 1 fully saturated rings. The third-order valence-electron chi connectivity index (χ3n) is 3.75. The maximum Gasteiger partial charge on any atom is 0.150 e. The van der Waals surface area contributed by atoms with E-state index in [1.54, 1.807) is 0 Å². The maximum absolute atomic E-state index is 11.5. The molecule has 0 saturated carbocycles. The maximum atomic E-state index is 11.5. The monoisotopic (exact) mass is 345 g/mol. The van der Waals surface area contributed by atoms with Gasteiger partial charge in [0.1, 0.15) is 0 Å². The van der Waals surface area contributed by atoms with Crippen LogP contribution in [0.5, 0.6) is 0 Å². The van der Waals surface area contributed by atoms with Gasteiger partial charge < -0.3 is 5.32 Å². The molecule has 2 unspecified atom stereocenters. The van der Waals surface area contributed by atoms with Crippen molar-refractivity contribution in [2.75, 3.05) is 18.6 Å². The Morgan fingerprint density at radius 1 is 1.37 bits per heavy atom. The van der Waals surface area contributed by atoms with Gasteiger partial charge in [0.2, 0.25) is 0 Å². The lowest BCUT2D eigenvalue weighted by Gasteiger charge is -2.19. The van der Waals surface area contributed by atoms with Gasteiger partial charge in [-0.15, -0.1) is 0 Å². The average molecular weight is 346 g/mol. The number of halogens is 1. The minimum absolute atomic E-state index is 0.317. The normalized spacial score (nSPS) is 23.4. The zero-order chi connectivity index (χ0) is 13.9. The third-order valence-corrected chi connectivity index (χ3v) is 6.11. The van der Waals surface area contributed by atoms with Gasteiger partial charge in [-0.05, 0) is 49.9 Å². The van der Waals surface area contributed by atoms with E-state index in [0.29, 0.717) is 23.5 Å². The van der Waals surface area contributed by atoms with Crippen LogP contribution in [-0.4, -0.2) is 33.0 Å². The quantitative estimate of drug-likeness (QED) is 0.891. The van der Waals surface area contributed by atoms with Crippen molar-refractivity contribution >= 4 is 25.8 Å². The van der Waals surface area contributed by atoms with E-state index in [2.05, 4.69) is 33.4 Å². The molecule has 5 heteroatoms. The van der Waals surface area contributed by atoms with E-state index in [4.69, 9.17) is 0 Å². The standard InChI is InChI=1S/C14H20BrNO2S/c1-16-14(8-11-2-4-13(15)5-3-11)9-12-6-7-19(17,18)10-12/h2-5,12,14,16H,6-10H2,1H3. The summed E-state index contributed by atoms with van der Waals surface area (Å²) >= 11 is 3.43. The van der Waals surface area contributed by atoms with E-state index in [0.717, 1.165) is 23.7 Å². The Morgan fingerprint density at radius 3 is 2.58 bits per heavy atom. The smallest absolute Gasteiger partial charge is 0.150 e. The molecule has 1 aliphatic heterocycles. The highest BCUT2D eigenvalue weighted by Crippen LogP contribution is 2.24. The highest BCUT2D eigenvalue weighted by Gasteiger charge is 2.29. The van der Waals surface area contributed by atoms with Gasteiger partial charge >= 0.3 is 0 Å². The second-order valence-electron chi connectivity index (χ2n) is 5.32. The van der Waals surface area contributed by atoms with E-state index >= 15 is 0 Å². The molecule has 1 N–H and O–H groups in total. The Bertz CT molecular complexity index is 513. The van der Waals surface area contributed by atoms with Crippen molar-refractivity contribution in [3.05, 3.63) is 34.3 Å². The Hall–Kier alpha value is -0.390. The van der Waals surface area contributed by atoms with E-state index in [1.807, 2.05) is 19.2 Å². The van der Waals surface area contributed by atoms with Gasteiger partial charge in [-0.3, -0.25) is 0 Å². The molecule has 0 radical (unpaired) electrons. The van der Waals surface area contributed by atoms with Gasteiger partial charge in [0.15, 0.2) is 9.84 Å². The van der Waals surface area contributed by atoms with Crippen LogP contribution in [0.2, 0.25) is 0 Å². The van der Waals surface area contributed by atoms with Crippen LogP contribution >= 0.6 is 15.9 Å². The molecule has 2 rings (SSSR count). The van der Waals surface area contributed by atoms with E-state index in [-0.39, 0.29) is 0 Å². The lowest BCUT2D eigenvalue weighted by molar-refractivity contribution is 0.424. The van der Waals surface area contributed by atoms with Crippen LogP contribution in [0.3, 0.4) is 0 Å². The minimum Gasteiger partial charge on any atom is -0.317 e. The number of sulfone groups is 1. The molecule has 1 aliphatic rings. The Kier molecular flexibility index (Phi) is 5.03. The molecule has 106 valence electrons. The highest BCUT2D eigenvalue weighted by atomic mass is 79.9. The summed E-state index contributed by atoms with van der Waals surface area (Å²) in [5.41, 5.74) is 1.28. The topological polar surface area (TPSA) is 46.2 Å². The molecule has 1 aromatic carbocycles. The molecule has 0 spiro atoms. The van der Waals surface area contributed by atoms with Gasteiger partial charge in [-0.25, -0.2) is 8.42 Å². The van der Waals surface area contributed by atoms with Crippen molar-refractivity contribution < 1.29 is 8.42 Å². The molecule has 0 amide bonds. The van der Waals surface area contributed by atoms with Crippen LogP contribution in [0.1, 0.15) is 18.4 Å². The van der Waals surface area contributed by atoms with Crippen molar-refractivity contribution in [1.29, 1.82) is 0 Å². The van der Waals surface area contributed by atoms with Crippen LogP contribution in [0, 0.1) is 5.92 Å². The zero-order valence-electron chi connectivity index (χ0n) is 11.1. The van der Waals surface area contributed by atoms with E-state index in [9.17, 15) is 8.42 Å². The van der Waals surface area contributed by atoms with Crippen LogP contribution in [0.4, 0.5) is 0 Å². The summed E-state index contributed by atoms with van der Waals surface area (Å²) < 4.78 is 24.0. The van der Waals surface area contributed by atoms with Gasteiger partial charge in [0.25, 0.3) is 0 Å². The van der Waals surface area contributed by atoms with Crippen molar-refractivity contribution in [2.45, 2.75) is 25.3 Å². The fourth-order valence-corrected chi connectivity index (χ4v) is 4.81. The predicted octanol–water partition coefficient (Wildman–Crippen LogP) is 2.40. The van der Waals surface area contributed by atoms with E-state index in [1.165, 1.54) is 5.56 Å². The molecule has 0 bridgehead atoms. The summed E-state index contributed by atoms with van der Waals surface area (Å²) in [5.74, 6) is 1.05. The molecule has 1 aromatic rings. The number of benzene rings is 1. The van der Waals surface area contributed by atoms with Gasteiger partial charge in [-0.2, -0.15) is 0 Å². The fourth-order valence-electron chi connectivity index (χ4n) is 2.67. The Balaban J connectivity index is 1.92. The average Bonchev–Trinajstić information content (AvgIpc) is 2.70. The number of likely N-dealkylation sites (N-methyl/N-ethyl adjacent to an activating group) is 1. The second-order valence-corrected chi connectivity index (χ2v) is 8.47. The van der Waals surface area contributed by atoms with Gasteiger partial charge in [0, 0.05) is 10.5 Å². The van der Waals surface area contributed by atoms with Gasteiger partial charge in [0.05, 0.1) is 11.5 Å². The molecule has 1 heterocycles. The second kappa shape index (κ2) is 6.37. The van der Waals surface area contributed by atoms with Gasteiger partial charge in [-0.1, -0.05) is 28.1 Å². The van der Waals surface area contributed by atoms with Crippen LogP contribution in [0.15, 0.2) is 28.7 Å². The number of hydrogen-bond donors (Lipinski definition) is 1. The summed E-state index contributed by atoms with van der Waals surface area (Å²) in [5, 5.41) is 3.31. The van der Waals surface area contributed by atoms with Crippen LogP contribution < -0.4 is 5.32 Å². The highest BCUT2D eigenvalue weighted by molar-refractivity contribution is 9.10. The summed E-state index contributed by atoms with van der Waals surface area (Å²) in [4.78, 5) is 0. The number of hydrogen-bond acceptors (Lipinski definition) is 3. The zero-order valence-corrected chi connectivity index (χ0v) is 13.5. The predicted molar refractivity (Wildman–Crippen MR) is 82.1 cm³/mol. The first-order chi connectivity index (χ1) is 8.98. The first kappa shape index (κ1) is 15.0. The third kappa shape index (κ3) is 4.58. The van der Waals surface area contributed by atoms with Crippen molar-refractivity contribution in [2.24, 2.45) is 5.92 Å². The first-order valence-corrected chi connectivity index (χ1v) is 9.22. The van der Waals surface area contributed by atoms with Crippen molar-refractivity contribution in [1.82, 2.24) is 5.32 Å². The summed E-state index contributed by atoms with van der Waals surface area (Å²) in [6.07, 6.45) is 2.70. The largest absolute Gasteiger partial charge is 0.317 e. The molecule has 0 aromatic heterocycles. The molecular formula is C14H20BrNO2S. The van der Waals surface area contributed by atoms with Crippen LogP contribution in [-0.2, 0) is 16.3 Å². The number of nitrogens with one attached hydrogen (secondary N) is 1. The molecular weight excluding hydrogens is 326 g/mol. The molecule has 2 atom stereocenters. The first-order valence-electron chi connectivity index (χ1n) is 6.60. The minimum atomic E-state index is -2.76. The summed E-state index contributed by atoms with van der Waals surface area (Å²) in [6.45, 7) is 0. The van der Waals surface area contributed by atoms with Crippen LogP contribution in [0.25, 0.3) is 0 Å². The Morgan fingerprint density at radius 2 is 2.05 bits per heavy atom. The Labute approximate surface area is 123 Å². The lowest BCUT2D eigenvalue weighted by Crippen LogP contribution is -2.30. The van der Waals surface area contributed by atoms with E-state index < -0.39 is 9.84 Å². The fraction of sp³-hybridized carbons (Fsp3) is 0.571. The lowest BCUT2D eigenvalue weighted by atomic mass is 9.95. The molecule has 1 saturated heterocycles. The number of rotatable bonds is 5. The van der Waals surface area contributed by atoms with Crippen molar-refractivity contribution in [3.63, 3.8) is 0 Å². The SMILES string of the molecule is CNC(Cc1ccc(Br)cc1)CC1CCS(=O)(=O)C1.